The number of nitriles is 1. The maximum atomic E-state index is 8.67. The molecule has 3 aromatic rings. The predicted molar refractivity (Wildman–Crippen MR) is 74.8 cm³/mol. The topological polar surface area (TPSA) is 67.6 Å². The molecule has 4 nitrogen and oxygen atoms in total. The van der Waals surface area contributed by atoms with Crippen LogP contribution in [0.4, 0.5) is 5.95 Å². The van der Waals surface area contributed by atoms with Gasteiger partial charge in [-0.05, 0) is 29.8 Å². The normalized spacial score (nSPS) is 10.5. The Morgan fingerprint density at radius 1 is 1.11 bits per heavy atom. The van der Waals surface area contributed by atoms with Crippen molar-refractivity contribution in [3.8, 4) is 11.8 Å². The molecule has 2 aromatic carbocycles. The fourth-order valence-corrected chi connectivity index (χ4v) is 2.17. The number of benzene rings is 2. The first-order valence-electron chi connectivity index (χ1n) is 5.99. The first-order valence-corrected chi connectivity index (χ1v) is 5.99. The Bertz CT molecular complexity index is 763. The summed E-state index contributed by atoms with van der Waals surface area (Å²) in [5, 5.41) is 8.67. The van der Waals surface area contributed by atoms with E-state index in [0.717, 1.165) is 22.3 Å². The molecule has 19 heavy (non-hydrogen) atoms. The molecule has 0 unspecified atom stereocenters. The SMILES string of the molecule is N#CCc1ccc(-n2c(N)nc3ccccc32)cc1. The largest absolute Gasteiger partial charge is 0.369 e. The Labute approximate surface area is 110 Å². The van der Waals surface area contributed by atoms with Crippen molar-refractivity contribution >= 4 is 17.0 Å². The molecule has 4 heteroatoms. The lowest BCUT2D eigenvalue weighted by atomic mass is 10.1. The van der Waals surface area contributed by atoms with Crippen molar-refractivity contribution in [2.24, 2.45) is 0 Å². The summed E-state index contributed by atoms with van der Waals surface area (Å²) in [6.07, 6.45) is 0.417. The van der Waals surface area contributed by atoms with Gasteiger partial charge in [-0.2, -0.15) is 5.26 Å². The summed E-state index contributed by atoms with van der Waals surface area (Å²) in [7, 11) is 0. The van der Waals surface area contributed by atoms with Crippen LogP contribution in [0, 0.1) is 11.3 Å². The molecule has 0 saturated heterocycles. The zero-order chi connectivity index (χ0) is 13.2. The summed E-state index contributed by atoms with van der Waals surface area (Å²) in [4.78, 5) is 4.34. The number of rotatable bonds is 2. The van der Waals surface area contributed by atoms with Gasteiger partial charge < -0.3 is 5.73 Å². The van der Waals surface area contributed by atoms with Gasteiger partial charge in [0, 0.05) is 5.69 Å². The van der Waals surface area contributed by atoms with Crippen LogP contribution in [-0.4, -0.2) is 9.55 Å². The lowest BCUT2D eigenvalue weighted by molar-refractivity contribution is 1.10. The highest BCUT2D eigenvalue weighted by atomic mass is 15.2. The minimum Gasteiger partial charge on any atom is -0.369 e. The third-order valence-corrected chi connectivity index (χ3v) is 3.06. The van der Waals surface area contributed by atoms with Gasteiger partial charge in [0.2, 0.25) is 5.95 Å². The average Bonchev–Trinajstić information content (AvgIpc) is 2.76. The monoisotopic (exact) mass is 248 g/mol. The maximum absolute atomic E-state index is 8.67. The van der Waals surface area contributed by atoms with E-state index in [1.807, 2.05) is 53.1 Å². The first-order chi connectivity index (χ1) is 9.29. The molecular weight excluding hydrogens is 236 g/mol. The van der Waals surface area contributed by atoms with Crippen LogP contribution < -0.4 is 5.73 Å². The number of hydrogen-bond acceptors (Lipinski definition) is 3. The highest BCUT2D eigenvalue weighted by Gasteiger charge is 2.08. The summed E-state index contributed by atoms with van der Waals surface area (Å²) >= 11 is 0. The van der Waals surface area contributed by atoms with E-state index < -0.39 is 0 Å². The zero-order valence-corrected chi connectivity index (χ0v) is 10.2. The standard InChI is InChI=1S/C15H12N4/c16-10-9-11-5-7-12(8-6-11)19-14-4-2-1-3-13(14)18-15(19)17/h1-8H,9H2,(H2,17,18). The van der Waals surface area contributed by atoms with Crippen molar-refractivity contribution in [3.05, 3.63) is 54.1 Å². The van der Waals surface area contributed by atoms with Gasteiger partial charge in [-0.1, -0.05) is 24.3 Å². The Morgan fingerprint density at radius 3 is 2.58 bits per heavy atom. The van der Waals surface area contributed by atoms with E-state index in [-0.39, 0.29) is 0 Å². The average molecular weight is 248 g/mol. The summed E-state index contributed by atoms with van der Waals surface area (Å²) in [6, 6.07) is 17.7. The molecule has 0 aliphatic carbocycles. The molecule has 0 radical (unpaired) electrons. The summed E-state index contributed by atoms with van der Waals surface area (Å²) < 4.78 is 1.91. The van der Waals surface area contributed by atoms with Crippen LogP contribution in [0.15, 0.2) is 48.5 Å². The number of para-hydroxylation sites is 2. The fraction of sp³-hybridized carbons (Fsp3) is 0.0667. The molecule has 0 atom stereocenters. The number of imidazole rings is 1. The zero-order valence-electron chi connectivity index (χ0n) is 10.2. The number of nitrogens with two attached hydrogens (primary N) is 1. The summed E-state index contributed by atoms with van der Waals surface area (Å²) in [5.41, 5.74) is 9.78. The lowest BCUT2D eigenvalue weighted by Crippen LogP contribution is -2.00. The fourth-order valence-electron chi connectivity index (χ4n) is 2.17. The Morgan fingerprint density at radius 2 is 1.84 bits per heavy atom. The highest BCUT2D eigenvalue weighted by molar-refractivity contribution is 5.80. The van der Waals surface area contributed by atoms with Gasteiger partial charge >= 0.3 is 0 Å². The first kappa shape index (κ1) is 11.3. The molecule has 0 amide bonds. The molecule has 0 spiro atoms. The van der Waals surface area contributed by atoms with Gasteiger partial charge in [0.25, 0.3) is 0 Å². The van der Waals surface area contributed by atoms with E-state index in [1.165, 1.54) is 0 Å². The minimum atomic E-state index is 0.417. The number of anilines is 1. The van der Waals surface area contributed by atoms with Gasteiger partial charge in [0.1, 0.15) is 0 Å². The van der Waals surface area contributed by atoms with Crippen LogP contribution in [0.25, 0.3) is 16.7 Å². The molecule has 3 rings (SSSR count). The van der Waals surface area contributed by atoms with E-state index >= 15 is 0 Å². The van der Waals surface area contributed by atoms with Crippen LogP contribution in [0.3, 0.4) is 0 Å². The van der Waals surface area contributed by atoms with E-state index in [2.05, 4.69) is 11.1 Å². The lowest BCUT2D eigenvalue weighted by Gasteiger charge is -2.06. The molecule has 92 valence electrons. The van der Waals surface area contributed by atoms with Crippen LogP contribution in [0.5, 0.6) is 0 Å². The van der Waals surface area contributed by atoms with Gasteiger partial charge in [0.05, 0.1) is 23.5 Å². The maximum Gasteiger partial charge on any atom is 0.205 e. The Kier molecular flexibility index (Phi) is 2.66. The molecule has 0 saturated carbocycles. The van der Waals surface area contributed by atoms with E-state index in [4.69, 9.17) is 11.0 Å². The Balaban J connectivity index is 2.14. The molecule has 1 heterocycles. The molecule has 2 N–H and O–H groups in total. The second-order valence-corrected chi connectivity index (χ2v) is 4.30. The number of fused-ring (bicyclic) bond motifs is 1. The van der Waals surface area contributed by atoms with E-state index in [1.54, 1.807) is 0 Å². The van der Waals surface area contributed by atoms with Crippen LogP contribution >= 0.6 is 0 Å². The second kappa shape index (κ2) is 4.46. The molecule has 1 aromatic heterocycles. The van der Waals surface area contributed by atoms with Crippen molar-refractivity contribution in [2.45, 2.75) is 6.42 Å². The van der Waals surface area contributed by atoms with Crippen molar-refractivity contribution < 1.29 is 0 Å². The van der Waals surface area contributed by atoms with Crippen LogP contribution in [-0.2, 0) is 6.42 Å². The number of aromatic nitrogens is 2. The molecule has 0 aliphatic heterocycles. The van der Waals surface area contributed by atoms with Gasteiger partial charge in [-0.25, -0.2) is 4.98 Å². The van der Waals surface area contributed by atoms with Crippen molar-refractivity contribution in [1.29, 1.82) is 5.26 Å². The number of hydrogen-bond donors (Lipinski definition) is 1. The molecule has 0 aliphatic rings. The second-order valence-electron chi connectivity index (χ2n) is 4.30. The quantitative estimate of drug-likeness (QED) is 0.758. The summed E-state index contributed by atoms with van der Waals surface area (Å²) in [5.74, 6) is 0.467. The van der Waals surface area contributed by atoms with Crippen LogP contribution in [0.1, 0.15) is 5.56 Å². The third kappa shape index (κ3) is 1.91. The number of nitrogens with zero attached hydrogens (tertiary/aromatic N) is 3. The van der Waals surface area contributed by atoms with Crippen LogP contribution in [0.2, 0.25) is 0 Å². The minimum absolute atomic E-state index is 0.417. The smallest absolute Gasteiger partial charge is 0.205 e. The van der Waals surface area contributed by atoms with Crippen molar-refractivity contribution in [3.63, 3.8) is 0 Å². The van der Waals surface area contributed by atoms with Gasteiger partial charge in [0.15, 0.2) is 0 Å². The molecular formula is C15H12N4. The highest BCUT2D eigenvalue weighted by Crippen LogP contribution is 2.22. The predicted octanol–water partition coefficient (Wildman–Crippen LogP) is 2.67. The van der Waals surface area contributed by atoms with Crippen molar-refractivity contribution in [1.82, 2.24) is 9.55 Å². The van der Waals surface area contributed by atoms with Gasteiger partial charge in [-0.15, -0.1) is 0 Å². The molecule has 0 fully saturated rings. The molecule has 0 bridgehead atoms. The summed E-state index contributed by atoms with van der Waals surface area (Å²) in [6.45, 7) is 0. The third-order valence-electron chi connectivity index (χ3n) is 3.06. The van der Waals surface area contributed by atoms with Gasteiger partial charge in [-0.3, -0.25) is 4.57 Å². The van der Waals surface area contributed by atoms with Crippen molar-refractivity contribution in [2.75, 3.05) is 5.73 Å². The van der Waals surface area contributed by atoms with E-state index in [9.17, 15) is 0 Å². The Hall–Kier alpha value is -2.80. The number of nitrogen functional groups attached to an aromatic ring is 1. The van der Waals surface area contributed by atoms with E-state index in [0.29, 0.717) is 12.4 Å².